The van der Waals surface area contributed by atoms with E-state index in [4.69, 9.17) is 0 Å². The average Bonchev–Trinajstić information content (AvgIpc) is 2.83. The Hall–Kier alpha value is -2.44. The molecule has 0 bridgehead atoms. The van der Waals surface area contributed by atoms with Crippen LogP contribution in [0.4, 0.5) is 0 Å². The molecule has 22 heavy (non-hydrogen) atoms. The summed E-state index contributed by atoms with van der Waals surface area (Å²) in [5.41, 5.74) is 0.507. The minimum absolute atomic E-state index is 0.0319. The molecule has 0 saturated carbocycles. The molecule has 118 valence electrons. The highest BCUT2D eigenvalue weighted by Gasteiger charge is 2.12. The summed E-state index contributed by atoms with van der Waals surface area (Å²) < 4.78 is 1.97. The summed E-state index contributed by atoms with van der Waals surface area (Å²) in [6, 6.07) is 1.50. The third-order valence-corrected chi connectivity index (χ3v) is 3.42. The van der Waals surface area contributed by atoms with Gasteiger partial charge in [0.15, 0.2) is 0 Å². The number of hydrogen-bond acceptors (Lipinski definition) is 4. The van der Waals surface area contributed by atoms with Crippen molar-refractivity contribution < 1.29 is 4.79 Å². The van der Waals surface area contributed by atoms with E-state index < -0.39 is 0 Å². The molecule has 0 spiro atoms. The van der Waals surface area contributed by atoms with Crippen molar-refractivity contribution in [1.82, 2.24) is 24.8 Å². The zero-order chi connectivity index (χ0) is 16.1. The van der Waals surface area contributed by atoms with E-state index in [1.54, 1.807) is 13.1 Å². The molecular weight excluding hydrogens is 282 g/mol. The number of hydrogen-bond donors (Lipinski definition) is 2. The second kappa shape index (κ2) is 7.02. The lowest BCUT2D eigenvalue weighted by molar-refractivity contribution is -0.121. The highest BCUT2D eigenvalue weighted by atomic mass is 16.1. The molecule has 0 unspecified atom stereocenters. The minimum Gasteiger partial charge on any atom is -0.356 e. The number of H-pyrrole nitrogens is 1. The number of amides is 1. The Morgan fingerprint density at radius 3 is 2.86 bits per heavy atom. The first-order valence-corrected chi connectivity index (χ1v) is 7.28. The average molecular weight is 303 g/mol. The molecule has 1 atom stereocenters. The Labute approximate surface area is 128 Å². The van der Waals surface area contributed by atoms with Crippen molar-refractivity contribution >= 4 is 5.91 Å². The van der Waals surface area contributed by atoms with Crippen LogP contribution < -0.4 is 10.9 Å². The van der Waals surface area contributed by atoms with E-state index in [1.165, 1.54) is 6.07 Å². The zero-order valence-electron chi connectivity index (χ0n) is 13.1. The van der Waals surface area contributed by atoms with Crippen LogP contribution in [-0.2, 0) is 11.2 Å². The van der Waals surface area contributed by atoms with E-state index in [9.17, 15) is 9.59 Å². The van der Waals surface area contributed by atoms with E-state index in [1.807, 2.05) is 24.6 Å². The van der Waals surface area contributed by atoms with E-state index in [0.717, 1.165) is 5.82 Å². The highest BCUT2D eigenvalue weighted by molar-refractivity contribution is 5.76. The van der Waals surface area contributed by atoms with Gasteiger partial charge in [-0.1, -0.05) is 0 Å². The fraction of sp³-hybridized carbons (Fsp3) is 0.467. The normalized spacial score (nSPS) is 12.1. The summed E-state index contributed by atoms with van der Waals surface area (Å²) in [7, 11) is 0. The largest absolute Gasteiger partial charge is 0.356 e. The molecule has 0 saturated heterocycles. The van der Waals surface area contributed by atoms with Crippen molar-refractivity contribution in [2.45, 2.75) is 39.7 Å². The van der Waals surface area contributed by atoms with E-state index >= 15 is 0 Å². The summed E-state index contributed by atoms with van der Waals surface area (Å²) in [5, 5.41) is 2.85. The lowest BCUT2D eigenvalue weighted by Crippen LogP contribution is -2.28. The fourth-order valence-electron chi connectivity index (χ4n) is 2.37. The van der Waals surface area contributed by atoms with E-state index in [-0.39, 0.29) is 17.5 Å². The van der Waals surface area contributed by atoms with Crippen LogP contribution in [0.25, 0.3) is 0 Å². The Morgan fingerprint density at radius 1 is 1.45 bits per heavy atom. The lowest BCUT2D eigenvalue weighted by atomic mass is 10.2. The number of aromatic nitrogens is 4. The molecule has 2 rings (SSSR count). The van der Waals surface area contributed by atoms with Crippen molar-refractivity contribution in [2.24, 2.45) is 0 Å². The van der Waals surface area contributed by atoms with Gasteiger partial charge in [0.05, 0.1) is 0 Å². The maximum atomic E-state index is 11.9. The van der Waals surface area contributed by atoms with Crippen LogP contribution >= 0.6 is 0 Å². The molecule has 2 aromatic rings. The molecule has 7 nitrogen and oxygen atoms in total. The number of aromatic amines is 1. The van der Waals surface area contributed by atoms with Gasteiger partial charge in [-0.2, -0.15) is 0 Å². The van der Waals surface area contributed by atoms with Crippen LogP contribution in [0, 0.1) is 13.8 Å². The highest BCUT2D eigenvalue weighted by Crippen LogP contribution is 2.12. The molecule has 0 radical (unpaired) electrons. The molecule has 0 aliphatic heterocycles. The lowest BCUT2D eigenvalue weighted by Gasteiger charge is -2.14. The predicted molar refractivity (Wildman–Crippen MR) is 82.6 cm³/mol. The second-order valence-corrected chi connectivity index (χ2v) is 5.37. The first-order valence-electron chi connectivity index (χ1n) is 7.28. The molecule has 0 aliphatic rings. The SMILES string of the molecule is Cc1cc(=O)[nH]c(CCNC(=O)C[C@@H](C)n2ccnc2C)n1. The molecule has 0 fully saturated rings. The van der Waals surface area contributed by atoms with Crippen molar-refractivity contribution in [1.29, 1.82) is 0 Å². The van der Waals surface area contributed by atoms with Gasteiger partial charge < -0.3 is 14.9 Å². The Kier molecular flexibility index (Phi) is 5.08. The van der Waals surface area contributed by atoms with Gasteiger partial charge in [0.1, 0.15) is 11.6 Å². The van der Waals surface area contributed by atoms with Crippen molar-refractivity contribution in [3.63, 3.8) is 0 Å². The van der Waals surface area contributed by atoms with Gasteiger partial charge in [-0.15, -0.1) is 0 Å². The standard InChI is InChI=1S/C15H21N5O2/c1-10-8-15(22)19-13(18-10)4-5-17-14(21)9-11(2)20-7-6-16-12(20)3/h6-8,11H,4-5,9H2,1-3H3,(H,17,21)(H,18,19,22)/t11-/m1/s1. The van der Waals surface area contributed by atoms with E-state index in [0.29, 0.717) is 30.9 Å². The zero-order valence-corrected chi connectivity index (χ0v) is 13.1. The third-order valence-electron chi connectivity index (χ3n) is 3.42. The molecule has 0 aromatic carbocycles. The van der Waals surface area contributed by atoms with Gasteiger partial charge >= 0.3 is 0 Å². The first kappa shape index (κ1) is 15.9. The van der Waals surface area contributed by atoms with Gasteiger partial charge in [-0.3, -0.25) is 9.59 Å². The Morgan fingerprint density at radius 2 is 2.23 bits per heavy atom. The number of carbonyl (C=O) groups excluding carboxylic acids is 1. The van der Waals surface area contributed by atoms with Crippen molar-refractivity contribution in [2.75, 3.05) is 6.54 Å². The van der Waals surface area contributed by atoms with Gasteiger partial charge in [0, 0.05) is 49.6 Å². The molecule has 2 N–H and O–H groups in total. The minimum atomic E-state index is -0.168. The monoisotopic (exact) mass is 303 g/mol. The van der Waals surface area contributed by atoms with Gasteiger partial charge in [-0.05, 0) is 20.8 Å². The summed E-state index contributed by atoms with van der Waals surface area (Å²) >= 11 is 0. The van der Waals surface area contributed by atoms with Crippen molar-refractivity contribution in [3.05, 3.63) is 46.2 Å². The molecular formula is C15H21N5O2. The van der Waals surface area contributed by atoms with Crippen molar-refractivity contribution in [3.8, 4) is 0 Å². The second-order valence-electron chi connectivity index (χ2n) is 5.37. The Bertz CT molecular complexity index is 704. The van der Waals surface area contributed by atoms with Gasteiger partial charge in [0.25, 0.3) is 5.56 Å². The van der Waals surface area contributed by atoms with Gasteiger partial charge in [-0.25, -0.2) is 9.97 Å². The molecule has 7 heteroatoms. The molecule has 1 amide bonds. The maximum absolute atomic E-state index is 11.9. The third kappa shape index (κ3) is 4.28. The van der Waals surface area contributed by atoms with Crippen LogP contribution in [0.15, 0.2) is 23.3 Å². The quantitative estimate of drug-likeness (QED) is 0.829. The fourth-order valence-corrected chi connectivity index (χ4v) is 2.37. The molecule has 0 aliphatic carbocycles. The van der Waals surface area contributed by atoms with Crippen LogP contribution in [0.3, 0.4) is 0 Å². The topological polar surface area (TPSA) is 92.7 Å². The van der Waals surface area contributed by atoms with Crippen LogP contribution in [-0.4, -0.2) is 32.0 Å². The van der Waals surface area contributed by atoms with Gasteiger partial charge in [0.2, 0.25) is 5.91 Å². The van der Waals surface area contributed by atoms with E-state index in [2.05, 4.69) is 20.3 Å². The number of aryl methyl sites for hydroxylation is 2. The predicted octanol–water partition coefficient (Wildman–Crippen LogP) is 0.893. The summed E-state index contributed by atoms with van der Waals surface area (Å²) in [4.78, 5) is 34.3. The maximum Gasteiger partial charge on any atom is 0.251 e. The van der Waals surface area contributed by atoms with Crippen LogP contribution in [0.1, 0.15) is 36.7 Å². The smallest absolute Gasteiger partial charge is 0.251 e. The van der Waals surface area contributed by atoms with Crippen LogP contribution in [0.5, 0.6) is 0 Å². The number of imidazole rings is 1. The summed E-state index contributed by atoms with van der Waals surface area (Å²) in [5.74, 6) is 1.45. The first-order chi connectivity index (χ1) is 10.5. The number of carbonyl (C=O) groups is 1. The number of nitrogens with one attached hydrogen (secondary N) is 2. The molecule has 2 aromatic heterocycles. The number of nitrogens with zero attached hydrogens (tertiary/aromatic N) is 3. The Balaban J connectivity index is 1.80. The van der Waals surface area contributed by atoms with Crippen LogP contribution in [0.2, 0.25) is 0 Å². The summed E-state index contributed by atoms with van der Waals surface area (Å²) in [6.07, 6.45) is 4.48. The number of rotatable bonds is 6. The molecule has 2 heterocycles. The summed E-state index contributed by atoms with van der Waals surface area (Å²) in [6.45, 7) is 6.11.